The van der Waals surface area contributed by atoms with E-state index >= 15 is 0 Å². The zero-order valence-corrected chi connectivity index (χ0v) is 9.35. The van der Waals surface area contributed by atoms with E-state index in [9.17, 15) is 0 Å². The molecule has 1 heterocycles. The van der Waals surface area contributed by atoms with Crippen molar-refractivity contribution in [2.75, 3.05) is 0 Å². The summed E-state index contributed by atoms with van der Waals surface area (Å²) >= 11 is 0. The lowest BCUT2D eigenvalue weighted by Gasteiger charge is -2.20. The van der Waals surface area contributed by atoms with Crippen LogP contribution in [0.5, 0.6) is 0 Å². The summed E-state index contributed by atoms with van der Waals surface area (Å²) in [6, 6.07) is 15.2. The first-order valence-corrected chi connectivity index (χ1v) is 5.87. The van der Waals surface area contributed by atoms with Crippen LogP contribution in [-0.4, -0.2) is 4.98 Å². The summed E-state index contributed by atoms with van der Waals surface area (Å²) in [5.74, 6) is 0. The average Bonchev–Trinajstić information content (AvgIpc) is 2.39. The van der Waals surface area contributed by atoms with Crippen LogP contribution < -0.4 is 0 Å². The van der Waals surface area contributed by atoms with E-state index in [1.807, 2.05) is 12.4 Å². The third-order valence-electron chi connectivity index (χ3n) is 3.57. The van der Waals surface area contributed by atoms with Crippen LogP contribution >= 0.6 is 0 Å². The Kier molecular flexibility index (Phi) is 1.67. The minimum absolute atomic E-state index is 0.998. The summed E-state index contributed by atoms with van der Waals surface area (Å²) in [5, 5.41) is 2.75. The summed E-state index contributed by atoms with van der Waals surface area (Å²) in [6.45, 7) is 0. The van der Waals surface area contributed by atoms with Crippen molar-refractivity contribution in [3.8, 4) is 11.1 Å². The van der Waals surface area contributed by atoms with Crippen molar-refractivity contribution < 1.29 is 0 Å². The molecule has 17 heavy (non-hydrogen) atoms. The largest absolute Gasteiger partial charge is 0.264 e. The number of hydrogen-bond acceptors (Lipinski definition) is 1. The summed E-state index contributed by atoms with van der Waals surface area (Å²) in [6.07, 6.45) is 4.87. The zero-order chi connectivity index (χ0) is 11.2. The first kappa shape index (κ1) is 8.94. The second-order valence-electron chi connectivity index (χ2n) is 4.53. The molecule has 0 amide bonds. The molecular formula is C16H11N. The van der Waals surface area contributed by atoms with E-state index in [-0.39, 0.29) is 0 Å². The maximum atomic E-state index is 4.23. The summed E-state index contributed by atoms with van der Waals surface area (Å²) in [4.78, 5) is 4.23. The van der Waals surface area contributed by atoms with Gasteiger partial charge in [0.15, 0.2) is 0 Å². The molecule has 0 aliphatic heterocycles. The lowest BCUT2D eigenvalue weighted by atomic mass is 9.85. The molecule has 1 aliphatic rings. The van der Waals surface area contributed by atoms with Crippen molar-refractivity contribution in [2.24, 2.45) is 0 Å². The number of pyridine rings is 1. The Balaban J connectivity index is 2.22. The number of fused-ring (bicyclic) bond motifs is 2. The van der Waals surface area contributed by atoms with Gasteiger partial charge in [0.25, 0.3) is 0 Å². The maximum Gasteiger partial charge on any atom is 0.0309 e. The van der Waals surface area contributed by atoms with E-state index in [2.05, 4.69) is 47.4 Å². The molecule has 0 atom stereocenters. The predicted molar refractivity (Wildman–Crippen MR) is 70.0 cm³/mol. The van der Waals surface area contributed by atoms with Gasteiger partial charge in [0.1, 0.15) is 0 Å². The van der Waals surface area contributed by atoms with Crippen LogP contribution in [0.1, 0.15) is 11.1 Å². The molecule has 0 N–H and O–H groups in total. The molecule has 1 nitrogen and oxygen atoms in total. The molecule has 0 saturated heterocycles. The van der Waals surface area contributed by atoms with Crippen LogP contribution in [0.3, 0.4) is 0 Å². The minimum atomic E-state index is 0.998. The molecule has 1 aromatic heterocycles. The molecule has 0 spiro atoms. The van der Waals surface area contributed by atoms with Crippen LogP contribution in [0.15, 0.2) is 54.9 Å². The molecule has 3 aromatic rings. The predicted octanol–water partition coefficient (Wildman–Crippen LogP) is 3.81. The summed E-state index contributed by atoms with van der Waals surface area (Å²) in [5.41, 5.74) is 5.43. The zero-order valence-electron chi connectivity index (χ0n) is 9.35. The first-order valence-electron chi connectivity index (χ1n) is 5.87. The van der Waals surface area contributed by atoms with E-state index in [0.717, 1.165) is 6.42 Å². The number of rotatable bonds is 0. The topological polar surface area (TPSA) is 12.9 Å². The van der Waals surface area contributed by atoms with Gasteiger partial charge < -0.3 is 0 Å². The second kappa shape index (κ2) is 3.17. The van der Waals surface area contributed by atoms with Gasteiger partial charge in [-0.15, -0.1) is 0 Å². The molecule has 80 valence electrons. The van der Waals surface area contributed by atoms with Crippen molar-refractivity contribution >= 4 is 10.8 Å². The lowest BCUT2D eigenvalue weighted by molar-refractivity contribution is 1.15. The van der Waals surface area contributed by atoms with E-state index in [1.54, 1.807) is 0 Å². The molecule has 0 saturated carbocycles. The number of aromatic nitrogens is 1. The number of nitrogens with zero attached hydrogens (tertiary/aromatic N) is 1. The Labute approximate surface area is 99.7 Å². The molecule has 1 aliphatic carbocycles. The quantitative estimate of drug-likeness (QED) is 0.436. The third-order valence-corrected chi connectivity index (χ3v) is 3.57. The fourth-order valence-corrected chi connectivity index (χ4v) is 2.83. The van der Waals surface area contributed by atoms with E-state index in [4.69, 9.17) is 0 Å². The highest BCUT2D eigenvalue weighted by Gasteiger charge is 2.17. The first-order chi connectivity index (χ1) is 8.43. The molecule has 0 radical (unpaired) electrons. The van der Waals surface area contributed by atoms with Gasteiger partial charge in [0.2, 0.25) is 0 Å². The molecule has 1 heteroatoms. The van der Waals surface area contributed by atoms with Crippen LogP contribution in [-0.2, 0) is 6.42 Å². The normalized spacial score (nSPS) is 12.5. The number of hydrogen-bond donors (Lipinski definition) is 0. The van der Waals surface area contributed by atoms with Gasteiger partial charge in [-0.05, 0) is 39.1 Å². The lowest BCUT2D eigenvalue weighted by Crippen LogP contribution is -2.01. The Morgan fingerprint density at radius 1 is 0.824 bits per heavy atom. The maximum absolute atomic E-state index is 4.23. The van der Waals surface area contributed by atoms with Gasteiger partial charge in [0.05, 0.1) is 0 Å². The monoisotopic (exact) mass is 217 g/mol. The highest BCUT2D eigenvalue weighted by Crippen LogP contribution is 2.38. The molecule has 0 bridgehead atoms. The van der Waals surface area contributed by atoms with E-state index in [0.29, 0.717) is 0 Å². The second-order valence-corrected chi connectivity index (χ2v) is 4.53. The van der Waals surface area contributed by atoms with Crippen molar-refractivity contribution in [1.82, 2.24) is 4.98 Å². The molecule has 4 rings (SSSR count). The standard InChI is InChI=1S/C16H11N/c1-3-11-4-2-6-15-14-7-8-17-10-13(14)9-12(5-1)16(11)15/h1-8,10H,9H2. The average molecular weight is 217 g/mol. The van der Waals surface area contributed by atoms with Crippen molar-refractivity contribution in [1.29, 1.82) is 0 Å². The van der Waals surface area contributed by atoms with Gasteiger partial charge in [-0.3, -0.25) is 4.98 Å². The van der Waals surface area contributed by atoms with Crippen molar-refractivity contribution in [3.05, 3.63) is 66.0 Å². The van der Waals surface area contributed by atoms with Gasteiger partial charge in [-0.25, -0.2) is 0 Å². The molecule has 0 unspecified atom stereocenters. The van der Waals surface area contributed by atoms with Gasteiger partial charge in [-0.1, -0.05) is 36.4 Å². The number of benzene rings is 2. The highest BCUT2D eigenvalue weighted by atomic mass is 14.6. The third kappa shape index (κ3) is 1.17. The summed E-state index contributed by atoms with van der Waals surface area (Å²) < 4.78 is 0. The van der Waals surface area contributed by atoms with Crippen molar-refractivity contribution in [3.63, 3.8) is 0 Å². The summed E-state index contributed by atoms with van der Waals surface area (Å²) in [7, 11) is 0. The highest BCUT2D eigenvalue weighted by molar-refractivity contribution is 6.01. The van der Waals surface area contributed by atoms with E-state index in [1.165, 1.54) is 33.0 Å². The van der Waals surface area contributed by atoms with Crippen LogP contribution in [0, 0.1) is 0 Å². The Bertz CT molecular complexity index is 723. The van der Waals surface area contributed by atoms with E-state index < -0.39 is 0 Å². The molecule has 2 aromatic carbocycles. The van der Waals surface area contributed by atoms with Crippen LogP contribution in [0.2, 0.25) is 0 Å². The SMILES string of the molecule is c1cc2c3c(cccc3c1)-c1ccncc1C2. The van der Waals surface area contributed by atoms with Crippen LogP contribution in [0.4, 0.5) is 0 Å². The Morgan fingerprint density at radius 3 is 2.65 bits per heavy atom. The molecule has 0 fully saturated rings. The van der Waals surface area contributed by atoms with Gasteiger partial charge in [-0.2, -0.15) is 0 Å². The fraction of sp³-hybridized carbons (Fsp3) is 0.0625. The smallest absolute Gasteiger partial charge is 0.0309 e. The fourth-order valence-electron chi connectivity index (χ4n) is 2.83. The molecular weight excluding hydrogens is 206 g/mol. The van der Waals surface area contributed by atoms with Gasteiger partial charge >= 0.3 is 0 Å². The Morgan fingerprint density at radius 2 is 1.71 bits per heavy atom. The van der Waals surface area contributed by atoms with Crippen molar-refractivity contribution in [2.45, 2.75) is 6.42 Å². The minimum Gasteiger partial charge on any atom is -0.264 e. The Hall–Kier alpha value is -2.15. The van der Waals surface area contributed by atoms with Crippen LogP contribution in [0.25, 0.3) is 21.9 Å². The van der Waals surface area contributed by atoms with Gasteiger partial charge in [0, 0.05) is 18.8 Å².